The fourth-order valence-electron chi connectivity index (χ4n) is 3.02. The van der Waals surface area contributed by atoms with E-state index in [9.17, 15) is 9.18 Å². The van der Waals surface area contributed by atoms with Crippen molar-refractivity contribution in [2.45, 2.75) is 11.9 Å². The van der Waals surface area contributed by atoms with E-state index in [4.69, 9.17) is 0 Å². The van der Waals surface area contributed by atoms with Crippen LogP contribution in [-0.2, 0) is 4.79 Å². The number of anilines is 1. The monoisotopic (exact) mass is 429 g/mol. The van der Waals surface area contributed by atoms with Crippen molar-refractivity contribution < 1.29 is 9.18 Å². The summed E-state index contributed by atoms with van der Waals surface area (Å²) >= 11 is 1.28. The van der Waals surface area contributed by atoms with Gasteiger partial charge < -0.3 is 5.32 Å². The van der Waals surface area contributed by atoms with Crippen LogP contribution in [0.4, 0.5) is 10.1 Å². The molecule has 1 aromatic heterocycles. The molecule has 0 saturated carbocycles. The number of benzene rings is 3. The molecule has 0 spiro atoms. The van der Waals surface area contributed by atoms with Gasteiger partial charge in [-0.2, -0.15) is 0 Å². The number of aryl methyl sites for hydroxylation is 1. The van der Waals surface area contributed by atoms with Crippen molar-refractivity contribution in [1.29, 1.82) is 0 Å². The molecule has 0 aliphatic rings. The second-order valence-corrected chi connectivity index (χ2v) is 8.00. The van der Waals surface area contributed by atoms with Crippen molar-refractivity contribution in [2.24, 2.45) is 0 Å². The summed E-state index contributed by atoms with van der Waals surface area (Å²) in [4.78, 5) is 12.1. The molecule has 0 radical (unpaired) electrons. The Morgan fingerprint density at radius 1 is 0.871 bits per heavy atom. The number of hydrogen-bond donors (Lipinski definition) is 1. The first-order chi connectivity index (χ1) is 15.1. The Morgan fingerprint density at radius 2 is 1.58 bits per heavy atom. The highest BCUT2D eigenvalue weighted by atomic mass is 32.2. The molecule has 3 aromatic carbocycles. The molecule has 4 nitrogen and oxygen atoms in total. The van der Waals surface area contributed by atoms with E-state index >= 15 is 0 Å². The number of thioether (sulfide) groups is 1. The van der Waals surface area contributed by atoms with E-state index < -0.39 is 0 Å². The highest BCUT2D eigenvalue weighted by Crippen LogP contribution is 2.24. The number of carbonyl (C=O) groups is 1. The minimum atomic E-state index is -0.344. The zero-order valence-corrected chi connectivity index (χ0v) is 17.7. The summed E-state index contributed by atoms with van der Waals surface area (Å²) in [5, 5.41) is 11.8. The van der Waals surface area contributed by atoms with Gasteiger partial charge in [-0.15, -0.1) is 10.2 Å². The first-order valence-electron chi connectivity index (χ1n) is 9.77. The Bertz CT molecular complexity index is 1180. The molecule has 1 amide bonds. The van der Waals surface area contributed by atoms with Crippen LogP contribution in [0.1, 0.15) is 5.56 Å². The number of aromatic nitrogens is 2. The third-order valence-corrected chi connectivity index (χ3v) is 5.65. The Morgan fingerprint density at radius 3 is 2.26 bits per heavy atom. The van der Waals surface area contributed by atoms with Crippen LogP contribution in [0.5, 0.6) is 0 Å². The third kappa shape index (κ3) is 5.35. The summed E-state index contributed by atoms with van der Waals surface area (Å²) < 4.78 is 13.6. The lowest BCUT2D eigenvalue weighted by Crippen LogP contribution is -2.14. The Balaban J connectivity index is 1.34. The average Bonchev–Trinajstić information content (AvgIpc) is 2.81. The fourth-order valence-corrected chi connectivity index (χ4v) is 3.64. The molecule has 0 saturated heterocycles. The van der Waals surface area contributed by atoms with Gasteiger partial charge in [0.25, 0.3) is 0 Å². The van der Waals surface area contributed by atoms with Crippen molar-refractivity contribution in [3.8, 4) is 22.4 Å². The molecule has 6 heteroatoms. The van der Waals surface area contributed by atoms with Crippen LogP contribution in [0.3, 0.4) is 0 Å². The molecule has 0 aliphatic carbocycles. The van der Waals surface area contributed by atoms with Gasteiger partial charge in [0.15, 0.2) is 0 Å². The summed E-state index contributed by atoms with van der Waals surface area (Å²) in [6, 6.07) is 26.7. The maximum atomic E-state index is 13.6. The molecule has 4 rings (SSSR count). The van der Waals surface area contributed by atoms with Crippen molar-refractivity contribution in [3.05, 3.63) is 96.3 Å². The molecule has 0 unspecified atom stereocenters. The first kappa shape index (κ1) is 20.8. The standard InChI is InChI=1S/C25H20FN3OS/c1-17-7-12-21(15-22(17)26)27-24(30)16-31-25-14-13-23(28-29-25)20-10-8-19(9-11-20)18-5-3-2-4-6-18/h2-15H,16H2,1H3,(H,27,30). The number of halogens is 1. The Kier molecular flexibility index (Phi) is 6.38. The molecule has 1 N–H and O–H groups in total. The summed E-state index contributed by atoms with van der Waals surface area (Å²) in [5.74, 6) is -0.408. The van der Waals surface area contributed by atoms with Gasteiger partial charge in [0.2, 0.25) is 5.91 Å². The van der Waals surface area contributed by atoms with Gasteiger partial charge in [-0.25, -0.2) is 4.39 Å². The number of amides is 1. The van der Waals surface area contributed by atoms with Crippen molar-refractivity contribution >= 4 is 23.4 Å². The molecule has 0 atom stereocenters. The van der Waals surface area contributed by atoms with Gasteiger partial charge in [-0.1, -0.05) is 72.4 Å². The average molecular weight is 430 g/mol. The summed E-state index contributed by atoms with van der Waals surface area (Å²) in [7, 11) is 0. The van der Waals surface area contributed by atoms with Crippen LogP contribution >= 0.6 is 11.8 Å². The minimum Gasteiger partial charge on any atom is -0.325 e. The van der Waals surface area contributed by atoms with Crippen LogP contribution < -0.4 is 5.32 Å². The molecular formula is C25H20FN3OS. The second-order valence-electron chi connectivity index (χ2n) is 7.00. The summed E-state index contributed by atoms with van der Waals surface area (Å²) in [5.41, 5.74) is 5.03. The van der Waals surface area contributed by atoms with Gasteiger partial charge in [0.1, 0.15) is 10.8 Å². The van der Waals surface area contributed by atoms with E-state index in [1.54, 1.807) is 19.1 Å². The molecule has 0 fully saturated rings. The van der Waals surface area contributed by atoms with Crippen LogP contribution in [0.15, 0.2) is 90.0 Å². The molecular weight excluding hydrogens is 409 g/mol. The van der Waals surface area contributed by atoms with Gasteiger partial charge in [0, 0.05) is 11.3 Å². The van der Waals surface area contributed by atoms with Gasteiger partial charge in [0.05, 0.1) is 11.4 Å². The Hall–Kier alpha value is -3.51. The van der Waals surface area contributed by atoms with E-state index in [0.29, 0.717) is 16.3 Å². The number of rotatable bonds is 6. The van der Waals surface area contributed by atoms with Crippen LogP contribution in [0.25, 0.3) is 22.4 Å². The van der Waals surface area contributed by atoms with Gasteiger partial charge in [-0.05, 0) is 47.9 Å². The zero-order valence-electron chi connectivity index (χ0n) is 16.9. The van der Waals surface area contributed by atoms with E-state index in [0.717, 1.165) is 16.8 Å². The smallest absolute Gasteiger partial charge is 0.234 e. The number of nitrogens with zero attached hydrogens (tertiary/aromatic N) is 2. The van der Waals surface area contributed by atoms with Crippen LogP contribution in [0, 0.1) is 12.7 Å². The third-order valence-electron chi connectivity index (χ3n) is 4.73. The predicted octanol–water partition coefficient (Wildman–Crippen LogP) is 5.99. The number of carbonyl (C=O) groups excluding carboxylic acids is 1. The molecule has 154 valence electrons. The van der Waals surface area contributed by atoms with E-state index in [1.807, 2.05) is 42.5 Å². The number of nitrogens with one attached hydrogen (secondary N) is 1. The number of hydrogen-bond acceptors (Lipinski definition) is 4. The van der Waals surface area contributed by atoms with Gasteiger partial charge >= 0.3 is 0 Å². The minimum absolute atomic E-state index is 0.162. The lowest BCUT2D eigenvalue weighted by atomic mass is 10.0. The van der Waals surface area contributed by atoms with Crippen molar-refractivity contribution in [3.63, 3.8) is 0 Å². The second kappa shape index (κ2) is 9.53. The first-order valence-corrected chi connectivity index (χ1v) is 10.8. The largest absolute Gasteiger partial charge is 0.325 e. The van der Waals surface area contributed by atoms with Gasteiger partial charge in [-0.3, -0.25) is 4.79 Å². The van der Waals surface area contributed by atoms with E-state index in [2.05, 4.69) is 39.8 Å². The van der Waals surface area contributed by atoms with Crippen LogP contribution in [-0.4, -0.2) is 21.9 Å². The fraction of sp³-hybridized carbons (Fsp3) is 0.0800. The molecule has 0 aliphatic heterocycles. The molecule has 4 aromatic rings. The molecule has 1 heterocycles. The summed E-state index contributed by atoms with van der Waals surface area (Å²) in [6.45, 7) is 1.68. The van der Waals surface area contributed by atoms with Crippen LogP contribution in [0.2, 0.25) is 0 Å². The lowest BCUT2D eigenvalue weighted by Gasteiger charge is -2.07. The van der Waals surface area contributed by atoms with Crippen molar-refractivity contribution in [1.82, 2.24) is 10.2 Å². The van der Waals surface area contributed by atoms with E-state index in [-0.39, 0.29) is 17.5 Å². The van der Waals surface area contributed by atoms with E-state index in [1.165, 1.54) is 23.4 Å². The Labute approximate surface area is 184 Å². The summed E-state index contributed by atoms with van der Waals surface area (Å²) in [6.07, 6.45) is 0. The SMILES string of the molecule is Cc1ccc(NC(=O)CSc2ccc(-c3ccc(-c4ccccc4)cc3)nn2)cc1F. The quantitative estimate of drug-likeness (QED) is 0.383. The molecule has 0 bridgehead atoms. The highest BCUT2D eigenvalue weighted by Gasteiger charge is 2.08. The normalized spacial score (nSPS) is 10.6. The highest BCUT2D eigenvalue weighted by molar-refractivity contribution is 7.99. The maximum Gasteiger partial charge on any atom is 0.234 e. The molecule has 31 heavy (non-hydrogen) atoms. The zero-order chi connectivity index (χ0) is 21.6. The topological polar surface area (TPSA) is 54.9 Å². The maximum absolute atomic E-state index is 13.6. The predicted molar refractivity (Wildman–Crippen MR) is 123 cm³/mol. The lowest BCUT2D eigenvalue weighted by molar-refractivity contribution is -0.113. The van der Waals surface area contributed by atoms with Crippen molar-refractivity contribution in [2.75, 3.05) is 11.1 Å².